The predicted octanol–water partition coefficient (Wildman–Crippen LogP) is 2.76. The first-order valence-electron chi connectivity index (χ1n) is 6.59. The zero-order valence-corrected chi connectivity index (χ0v) is 12.8. The number of nitrogen functional groups attached to an aromatic ring is 1. The Hall–Kier alpha value is -2.08. The van der Waals surface area contributed by atoms with Gasteiger partial charge in [0.05, 0.1) is 6.61 Å². The van der Waals surface area contributed by atoms with Crippen LogP contribution in [0.4, 0.5) is 5.82 Å². The second-order valence-electron chi connectivity index (χ2n) is 4.38. The van der Waals surface area contributed by atoms with Crippen molar-refractivity contribution < 1.29 is 9.53 Å². The largest absolute Gasteiger partial charge is 0.465 e. The number of carbonyl (C=O) groups excluding carboxylic acids is 1. The molecule has 1 atom stereocenters. The maximum Gasteiger partial charge on any atom is 0.324 e. The highest BCUT2D eigenvalue weighted by molar-refractivity contribution is 8.00. The van der Waals surface area contributed by atoms with Crippen molar-refractivity contribution in [1.82, 2.24) is 9.97 Å². The molecule has 0 fully saturated rings. The van der Waals surface area contributed by atoms with E-state index in [9.17, 15) is 4.79 Å². The summed E-state index contributed by atoms with van der Waals surface area (Å²) in [5.74, 6) is 0.0815. The summed E-state index contributed by atoms with van der Waals surface area (Å²) in [6.45, 7) is 3.95. The fourth-order valence-electron chi connectivity index (χ4n) is 1.82. The highest BCUT2D eigenvalue weighted by Gasteiger charge is 2.24. The Morgan fingerprint density at radius 3 is 2.67 bits per heavy atom. The molecule has 0 bridgehead atoms. The Morgan fingerprint density at radius 2 is 2.05 bits per heavy atom. The van der Waals surface area contributed by atoms with Gasteiger partial charge in [0.1, 0.15) is 11.1 Å². The summed E-state index contributed by atoms with van der Waals surface area (Å²) in [7, 11) is 0. The van der Waals surface area contributed by atoms with Gasteiger partial charge in [-0.3, -0.25) is 4.79 Å². The zero-order valence-electron chi connectivity index (χ0n) is 11.9. The molecule has 2 rings (SSSR count). The molecule has 0 saturated carbocycles. The minimum Gasteiger partial charge on any atom is -0.465 e. The smallest absolute Gasteiger partial charge is 0.324 e. The summed E-state index contributed by atoms with van der Waals surface area (Å²) >= 11 is 1.24. The molecule has 0 aliphatic rings. The molecule has 5 nitrogen and oxygen atoms in total. The van der Waals surface area contributed by atoms with Gasteiger partial charge in [0.25, 0.3) is 0 Å². The number of benzene rings is 1. The minimum absolute atomic E-state index is 0.308. The Morgan fingerprint density at radius 1 is 1.33 bits per heavy atom. The Labute approximate surface area is 127 Å². The Balaban J connectivity index is 2.29. The molecule has 1 aromatic heterocycles. The second kappa shape index (κ2) is 7.08. The number of hydrogen-bond acceptors (Lipinski definition) is 6. The highest BCUT2D eigenvalue weighted by atomic mass is 32.2. The molecule has 0 unspecified atom stereocenters. The van der Waals surface area contributed by atoms with Gasteiger partial charge in [-0.25, -0.2) is 9.97 Å². The number of anilines is 1. The van der Waals surface area contributed by atoms with E-state index in [1.165, 1.54) is 11.8 Å². The summed E-state index contributed by atoms with van der Waals surface area (Å²) in [5, 5.41) is -0.0400. The first-order chi connectivity index (χ1) is 10.1. The van der Waals surface area contributed by atoms with Crippen molar-refractivity contribution in [2.45, 2.75) is 24.3 Å². The number of aromatic nitrogens is 2. The van der Waals surface area contributed by atoms with Gasteiger partial charge in [0.2, 0.25) is 0 Å². The van der Waals surface area contributed by atoms with Crippen LogP contribution in [0.15, 0.2) is 41.6 Å². The van der Waals surface area contributed by atoms with Crippen LogP contribution in [0, 0.1) is 6.92 Å². The first-order valence-corrected chi connectivity index (χ1v) is 7.47. The quantitative estimate of drug-likeness (QED) is 0.520. The first kappa shape index (κ1) is 15.3. The molecule has 0 spiro atoms. The average molecular weight is 303 g/mol. The standard InChI is InChI=1S/C15H17N3O2S/c1-3-20-14(19)13(11-7-5-4-6-8-11)21-15-17-10(2)9-12(16)18-15/h4-9,13H,3H2,1-2H3,(H2,16,17,18)/t13-/m1/s1. The van der Waals surface area contributed by atoms with Crippen molar-refractivity contribution in [3.8, 4) is 0 Å². The van der Waals surface area contributed by atoms with Crippen LogP contribution in [0.2, 0.25) is 0 Å². The topological polar surface area (TPSA) is 78.1 Å². The van der Waals surface area contributed by atoms with E-state index in [1.54, 1.807) is 13.0 Å². The van der Waals surface area contributed by atoms with Crippen molar-refractivity contribution in [3.63, 3.8) is 0 Å². The summed E-state index contributed by atoms with van der Waals surface area (Å²) in [6.07, 6.45) is 0. The number of ether oxygens (including phenoxy) is 1. The van der Waals surface area contributed by atoms with Crippen LogP contribution in [0.3, 0.4) is 0 Å². The van der Waals surface area contributed by atoms with Gasteiger partial charge in [-0.2, -0.15) is 0 Å². The number of esters is 1. The summed E-state index contributed by atoms with van der Waals surface area (Å²) in [5.41, 5.74) is 7.34. The lowest BCUT2D eigenvalue weighted by molar-refractivity contribution is -0.142. The molecular weight excluding hydrogens is 286 g/mol. The third-order valence-corrected chi connectivity index (χ3v) is 3.77. The molecule has 0 aliphatic carbocycles. The minimum atomic E-state index is -0.507. The summed E-state index contributed by atoms with van der Waals surface area (Å²) < 4.78 is 5.14. The van der Waals surface area contributed by atoms with Crippen LogP contribution in [-0.2, 0) is 9.53 Å². The molecule has 21 heavy (non-hydrogen) atoms. The van der Waals surface area contributed by atoms with Crippen LogP contribution in [0.5, 0.6) is 0 Å². The van der Waals surface area contributed by atoms with Gasteiger partial charge in [0.15, 0.2) is 5.16 Å². The molecule has 110 valence electrons. The number of aryl methyl sites for hydroxylation is 1. The second-order valence-corrected chi connectivity index (χ2v) is 5.45. The third kappa shape index (κ3) is 4.19. The number of hydrogen-bond donors (Lipinski definition) is 1. The van der Waals surface area contributed by atoms with Gasteiger partial charge in [-0.15, -0.1) is 0 Å². The number of rotatable bonds is 5. The Bertz CT molecular complexity index is 599. The SMILES string of the molecule is CCOC(=O)[C@H](Sc1nc(C)cc(N)n1)c1ccccc1. The molecule has 0 radical (unpaired) electrons. The van der Waals surface area contributed by atoms with Crippen LogP contribution < -0.4 is 5.73 Å². The van der Waals surface area contributed by atoms with Gasteiger partial charge in [0, 0.05) is 11.8 Å². The maximum atomic E-state index is 12.2. The molecule has 0 amide bonds. The fraction of sp³-hybridized carbons (Fsp3) is 0.267. The molecular formula is C15H17N3O2S. The van der Waals surface area contributed by atoms with E-state index in [2.05, 4.69) is 9.97 Å². The average Bonchev–Trinajstić information content (AvgIpc) is 2.45. The van der Waals surface area contributed by atoms with Crippen LogP contribution in [0.25, 0.3) is 0 Å². The molecule has 0 saturated heterocycles. The van der Waals surface area contributed by atoms with Crippen molar-refractivity contribution >= 4 is 23.5 Å². The number of carbonyl (C=O) groups is 1. The van der Waals surface area contributed by atoms with E-state index in [0.29, 0.717) is 17.6 Å². The van der Waals surface area contributed by atoms with E-state index >= 15 is 0 Å². The van der Waals surface area contributed by atoms with Gasteiger partial charge in [-0.1, -0.05) is 42.1 Å². The van der Waals surface area contributed by atoms with E-state index in [4.69, 9.17) is 10.5 Å². The number of nitrogens with two attached hydrogens (primary N) is 1. The summed E-state index contributed by atoms with van der Waals surface area (Å²) in [4.78, 5) is 20.7. The van der Waals surface area contributed by atoms with Crippen molar-refractivity contribution in [2.24, 2.45) is 0 Å². The van der Waals surface area contributed by atoms with E-state index < -0.39 is 5.25 Å². The molecule has 0 aliphatic heterocycles. The van der Waals surface area contributed by atoms with Crippen molar-refractivity contribution in [2.75, 3.05) is 12.3 Å². The van der Waals surface area contributed by atoms with E-state index in [0.717, 1.165) is 11.3 Å². The number of nitrogens with zero attached hydrogens (tertiary/aromatic N) is 2. The van der Waals surface area contributed by atoms with Crippen molar-refractivity contribution in [3.05, 3.63) is 47.7 Å². The van der Waals surface area contributed by atoms with Gasteiger partial charge in [-0.05, 0) is 19.4 Å². The molecule has 1 heterocycles. The molecule has 1 aromatic carbocycles. The molecule has 6 heteroatoms. The number of thioether (sulfide) groups is 1. The maximum absolute atomic E-state index is 12.2. The van der Waals surface area contributed by atoms with Gasteiger partial charge < -0.3 is 10.5 Å². The van der Waals surface area contributed by atoms with E-state index in [1.807, 2.05) is 37.3 Å². The van der Waals surface area contributed by atoms with Crippen molar-refractivity contribution in [1.29, 1.82) is 0 Å². The van der Waals surface area contributed by atoms with E-state index in [-0.39, 0.29) is 5.97 Å². The molecule has 2 aromatic rings. The lowest BCUT2D eigenvalue weighted by Crippen LogP contribution is -2.14. The Kier molecular flexibility index (Phi) is 5.16. The highest BCUT2D eigenvalue weighted by Crippen LogP contribution is 2.34. The lowest BCUT2D eigenvalue weighted by atomic mass is 10.1. The van der Waals surface area contributed by atoms with Crippen LogP contribution >= 0.6 is 11.8 Å². The monoisotopic (exact) mass is 303 g/mol. The lowest BCUT2D eigenvalue weighted by Gasteiger charge is -2.15. The van der Waals surface area contributed by atoms with Crippen LogP contribution in [0.1, 0.15) is 23.4 Å². The van der Waals surface area contributed by atoms with Gasteiger partial charge >= 0.3 is 5.97 Å². The zero-order chi connectivity index (χ0) is 15.2. The predicted molar refractivity (Wildman–Crippen MR) is 82.9 cm³/mol. The fourth-order valence-corrected chi connectivity index (χ4v) is 2.84. The normalized spacial score (nSPS) is 11.9. The molecule has 2 N–H and O–H groups in total. The van der Waals surface area contributed by atoms with Crippen LogP contribution in [-0.4, -0.2) is 22.5 Å². The summed E-state index contributed by atoms with van der Waals surface area (Å²) in [6, 6.07) is 11.1. The third-order valence-electron chi connectivity index (χ3n) is 2.68.